The molecule has 2 nitrogen and oxygen atoms in total. The molecule has 2 heteroatoms. The van der Waals surface area contributed by atoms with Gasteiger partial charge in [0.25, 0.3) is 0 Å². The molecule has 0 saturated heterocycles. The highest BCUT2D eigenvalue weighted by atomic mass is 16.5. The Balaban J connectivity index is 1.84. The molecule has 0 atom stereocenters. The first-order valence-electron chi connectivity index (χ1n) is 8.49. The second-order valence-electron chi connectivity index (χ2n) is 6.15. The third kappa shape index (κ3) is 3.08. The Morgan fingerprint density at radius 3 is 2.27 bits per heavy atom. The van der Waals surface area contributed by atoms with E-state index in [1.807, 2.05) is 42.5 Å². The molecule has 0 amide bonds. The fraction of sp³-hybridized carbons (Fsp3) is 0.0833. The van der Waals surface area contributed by atoms with Crippen molar-refractivity contribution in [1.29, 1.82) is 0 Å². The fourth-order valence-corrected chi connectivity index (χ4v) is 2.89. The lowest BCUT2D eigenvalue weighted by Crippen LogP contribution is -1.83. The lowest BCUT2D eigenvalue weighted by molar-refractivity contribution is 0.415. The number of para-hydroxylation sites is 1. The minimum absolute atomic E-state index is 0.812. The summed E-state index contributed by atoms with van der Waals surface area (Å²) in [5.74, 6) is 8.20. The number of methoxy groups -OCH3 is 1. The van der Waals surface area contributed by atoms with Crippen molar-refractivity contribution in [3.8, 4) is 28.9 Å². The lowest BCUT2D eigenvalue weighted by atomic mass is 10.0. The van der Waals surface area contributed by atoms with Gasteiger partial charge in [0.2, 0.25) is 0 Å². The largest absolute Gasteiger partial charge is 0.497 e. The molecule has 3 aromatic carbocycles. The van der Waals surface area contributed by atoms with Gasteiger partial charge >= 0.3 is 0 Å². The van der Waals surface area contributed by atoms with Crippen LogP contribution in [0.25, 0.3) is 22.3 Å². The molecular weight excluding hydrogens is 320 g/mol. The van der Waals surface area contributed by atoms with Crippen molar-refractivity contribution in [3.05, 3.63) is 89.5 Å². The number of hydrogen-bond donors (Lipinski definition) is 0. The summed E-state index contributed by atoms with van der Waals surface area (Å²) in [7, 11) is 1.66. The van der Waals surface area contributed by atoms with Crippen molar-refractivity contribution in [1.82, 2.24) is 0 Å². The first-order chi connectivity index (χ1) is 12.7. The summed E-state index contributed by atoms with van der Waals surface area (Å²) in [6, 6.07) is 24.1. The zero-order valence-corrected chi connectivity index (χ0v) is 14.7. The van der Waals surface area contributed by atoms with Gasteiger partial charge in [0.1, 0.15) is 11.3 Å². The Bertz CT molecular complexity index is 1110. The van der Waals surface area contributed by atoms with Gasteiger partial charge in [-0.3, -0.25) is 0 Å². The van der Waals surface area contributed by atoms with Gasteiger partial charge in [-0.1, -0.05) is 53.8 Å². The van der Waals surface area contributed by atoms with E-state index in [2.05, 4.69) is 49.1 Å². The molecule has 1 heterocycles. The first kappa shape index (κ1) is 16.1. The number of hydrogen-bond acceptors (Lipinski definition) is 2. The van der Waals surface area contributed by atoms with Gasteiger partial charge in [-0.25, -0.2) is 0 Å². The van der Waals surface area contributed by atoms with Crippen LogP contribution < -0.4 is 4.74 Å². The second kappa shape index (κ2) is 6.82. The van der Waals surface area contributed by atoms with E-state index < -0.39 is 0 Å². The summed E-state index contributed by atoms with van der Waals surface area (Å²) in [4.78, 5) is 0. The smallest absolute Gasteiger partial charge is 0.151 e. The van der Waals surface area contributed by atoms with E-state index in [4.69, 9.17) is 9.15 Å². The molecule has 1 aromatic heterocycles. The van der Waals surface area contributed by atoms with Gasteiger partial charge in [0.15, 0.2) is 5.76 Å². The molecule has 0 aliphatic rings. The molecule has 0 N–H and O–H groups in total. The summed E-state index contributed by atoms with van der Waals surface area (Å²) >= 11 is 0. The average molecular weight is 338 g/mol. The molecule has 0 bridgehead atoms. The normalized spacial score (nSPS) is 10.4. The van der Waals surface area contributed by atoms with Crippen LogP contribution in [0, 0.1) is 18.8 Å². The molecule has 4 aromatic rings. The third-order valence-electron chi connectivity index (χ3n) is 4.33. The molecule has 0 aliphatic carbocycles. The molecule has 126 valence electrons. The highest BCUT2D eigenvalue weighted by Crippen LogP contribution is 2.33. The Morgan fingerprint density at radius 2 is 1.54 bits per heavy atom. The van der Waals surface area contributed by atoms with Crippen molar-refractivity contribution < 1.29 is 9.15 Å². The van der Waals surface area contributed by atoms with Gasteiger partial charge in [-0.05, 0) is 43.3 Å². The molecule has 0 saturated carbocycles. The second-order valence-corrected chi connectivity index (χ2v) is 6.15. The van der Waals surface area contributed by atoms with Crippen LogP contribution in [0.3, 0.4) is 0 Å². The van der Waals surface area contributed by atoms with E-state index in [0.29, 0.717) is 0 Å². The quantitative estimate of drug-likeness (QED) is 0.430. The van der Waals surface area contributed by atoms with E-state index in [-0.39, 0.29) is 0 Å². The Morgan fingerprint density at radius 1 is 0.808 bits per heavy atom. The molecule has 0 aliphatic heterocycles. The summed E-state index contributed by atoms with van der Waals surface area (Å²) in [6.07, 6.45) is 0. The van der Waals surface area contributed by atoms with Gasteiger partial charge in [-0.15, -0.1) is 0 Å². The summed E-state index contributed by atoms with van der Waals surface area (Å²) in [5, 5.41) is 1.03. The molecule has 26 heavy (non-hydrogen) atoms. The molecule has 0 spiro atoms. The monoisotopic (exact) mass is 338 g/mol. The van der Waals surface area contributed by atoms with Gasteiger partial charge in [-0.2, -0.15) is 0 Å². The van der Waals surface area contributed by atoms with Crippen molar-refractivity contribution in [2.45, 2.75) is 6.92 Å². The third-order valence-corrected chi connectivity index (χ3v) is 4.33. The van der Waals surface area contributed by atoms with Crippen molar-refractivity contribution in [3.63, 3.8) is 0 Å². The highest BCUT2D eigenvalue weighted by molar-refractivity contribution is 5.91. The standard InChI is InChI=1S/C24H18O2/c1-17-7-12-19(13-8-17)24-22(21-5-3-4-6-23(21)26-24)16-11-18-9-14-20(25-2)15-10-18/h3-10,12-15H,1-2H3. The first-order valence-corrected chi connectivity index (χ1v) is 8.49. The number of ether oxygens (including phenoxy) is 1. The number of aryl methyl sites for hydroxylation is 1. The number of benzene rings is 3. The topological polar surface area (TPSA) is 22.4 Å². The van der Waals surface area contributed by atoms with Crippen molar-refractivity contribution in [2.24, 2.45) is 0 Å². The molecule has 0 unspecified atom stereocenters. The summed E-state index contributed by atoms with van der Waals surface area (Å²) in [6.45, 7) is 2.08. The Kier molecular flexibility index (Phi) is 4.21. The van der Waals surface area contributed by atoms with Crippen LogP contribution in [0.1, 0.15) is 16.7 Å². The zero-order chi connectivity index (χ0) is 17.9. The molecule has 0 fully saturated rings. The van der Waals surface area contributed by atoms with E-state index in [0.717, 1.165) is 39.2 Å². The zero-order valence-electron chi connectivity index (χ0n) is 14.7. The van der Waals surface area contributed by atoms with E-state index >= 15 is 0 Å². The highest BCUT2D eigenvalue weighted by Gasteiger charge is 2.13. The maximum absolute atomic E-state index is 6.13. The molecular formula is C24H18O2. The van der Waals surface area contributed by atoms with Crippen LogP contribution in [0.2, 0.25) is 0 Å². The van der Waals surface area contributed by atoms with E-state index in [1.165, 1.54) is 5.56 Å². The number of furan rings is 1. The van der Waals surface area contributed by atoms with Gasteiger partial charge in [0.05, 0.1) is 12.7 Å². The van der Waals surface area contributed by atoms with Crippen molar-refractivity contribution >= 4 is 11.0 Å². The number of fused-ring (bicyclic) bond motifs is 1. The van der Waals surface area contributed by atoms with Crippen LogP contribution >= 0.6 is 0 Å². The van der Waals surface area contributed by atoms with Crippen LogP contribution in [-0.2, 0) is 0 Å². The maximum atomic E-state index is 6.13. The average Bonchev–Trinajstić information content (AvgIpc) is 3.06. The Labute approximate surface area is 153 Å². The van der Waals surface area contributed by atoms with E-state index in [9.17, 15) is 0 Å². The van der Waals surface area contributed by atoms with Crippen LogP contribution in [-0.4, -0.2) is 7.11 Å². The predicted octanol–water partition coefficient (Wildman–Crippen LogP) is 5.82. The van der Waals surface area contributed by atoms with Crippen LogP contribution in [0.15, 0.2) is 77.2 Å². The minimum Gasteiger partial charge on any atom is -0.497 e. The number of rotatable bonds is 2. The fourth-order valence-electron chi connectivity index (χ4n) is 2.89. The van der Waals surface area contributed by atoms with Crippen molar-refractivity contribution in [2.75, 3.05) is 7.11 Å². The van der Waals surface area contributed by atoms with Crippen LogP contribution in [0.5, 0.6) is 5.75 Å². The summed E-state index contributed by atoms with van der Waals surface area (Å²) < 4.78 is 11.3. The van der Waals surface area contributed by atoms with Gasteiger partial charge < -0.3 is 9.15 Å². The predicted molar refractivity (Wildman–Crippen MR) is 105 cm³/mol. The van der Waals surface area contributed by atoms with Gasteiger partial charge in [0, 0.05) is 16.5 Å². The minimum atomic E-state index is 0.812. The molecule has 0 radical (unpaired) electrons. The summed E-state index contributed by atoms with van der Waals surface area (Å²) in [5.41, 5.74) is 4.95. The van der Waals surface area contributed by atoms with E-state index in [1.54, 1.807) is 7.11 Å². The Hall–Kier alpha value is -3.44. The van der Waals surface area contributed by atoms with Crippen LogP contribution in [0.4, 0.5) is 0 Å². The lowest BCUT2D eigenvalue weighted by Gasteiger charge is -1.99. The maximum Gasteiger partial charge on any atom is 0.151 e. The SMILES string of the molecule is COc1ccc(C#Cc2c(-c3ccc(C)cc3)oc3ccccc23)cc1. The molecule has 4 rings (SSSR count).